The van der Waals surface area contributed by atoms with Gasteiger partial charge >= 0.3 is 5.97 Å². The Labute approximate surface area is 113 Å². The SMILES string of the molecule is CC(=O)O.O=C(O)C1CCN(C2CCNCC2)CC1. The summed E-state index contributed by atoms with van der Waals surface area (Å²) in [6.45, 7) is 5.26. The zero-order valence-corrected chi connectivity index (χ0v) is 11.5. The van der Waals surface area contributed by atoms with E-state index in [1.54, 1.807) is 0 Å². The number of hydrogen-bond donors (Lipinski definition) is 3. The van der Waals surface area contributed by atoms with Crippen molar-refractivity contribution in [1.29, 1.82) is 0 Å². The molecule has 2 saturated heterocycles. The van der Waals surface area contributed by atoms with E-state index in [2.05, 4.69) is 10.2 Å². The maximum absolute atomic E-state index is 10.8. The van der Waals surface area contributed by atoms with Crippen molar-refractivity contribution in [3.8, 4) is 0 Å². The number of piperidine rings is 2. The van der Waals surface area contributed by atoms with Gasteiger partial charge < -0.3 is 20.4 Å². The smallest absolute Gasteiger partial charge is 0.306 e. The topological polar surface area (TPSA) is 89.9 Å². The van der Waals surface area contributed by atoms with Crippen molar-refractivity contribution < 1.29 is 19.8 Å². The van der Waals surface area contributed by atoms with E-state index >= 15 is 0 Å². The number of rotatable bonds is 2. The summed E-state index contributed by atoms with van der Waals surface area (Å²) in [4.78, 5) is 22.3. The molecule has 0 aliphatic carbocycles. The average molecular weight is 272 g/mol. The molecule has 0 aromatic carbocycles. The Kier molecular flexibility index (Phi) is 6.80. The number of carbonyl (C=O) groups is 2. The summed E-state index contributed by atoms with van der Waals surface area (Å²) in [5, 5.41) is 19.7. The molecule has 6 heteroatoms. The van der Waals surface area contributed by atoms with Crippen LogP contribution in [0.25, 0.3) is 0 Å². The molecule has 0 amide bonds. The van der Waals surface area contributed by atoms with E-state index in [1.807, 2.05) is 0 Å². The second-order valence-corrected chi connectivity index (χ2v) is 5.15. The van der Waals surface area contributed by atoms with Crippen molar-refractivity contribution in [3.63, 3.8) is 0 Å². The first kappa shape index (κ1) is 15.9. The van der Waals surface area contributed by atoms with Crippen molar-refractivity contribution in [2.24, 2.45) is 5.92 Å². The van der Waals surface area contributed by atoms with E-state index in [9.17, 15) is 4.79 Å². The molecule has 2 aliphatic heterocycles. The molecule has 2 fully saturated rings. The minimum absolute atomic E-state index is 0.0945. The second-order valence-electron chi connectivity index (χ2n) is 5.15. The van der Waals surface area contributed by atoms with Crippen molar-refractivity contribution in [1.82, 2.24) is 10.2 Å². The number of carboxylic acids is 2. The molecule has 19 heavy (non-hydrogen) atoms. The maximum atomic E-state index is 10.8. The lowest BCUT2D eigenvalue weighted by atomic mass is 9.94. The predicted molar refractivity (Wildman–Crippen MR) is 71.1 cm³/mol. The summed E-state index contributed by atoms with van der Waals surface area (Å²) < 4.78 is 0. The van der Waals surface area contributed by atoms with Gasteiger partial charge in [0.2, 0.25) is 0 Å². The highest BCUT2D eigenvalue weighted by molar-refractivity contribution is 5.70. The molecule has 2 rings (SSSR count). The molecule has 0 spiro atoms. The van der Waals surface area contributed by atoms with E-state index in [1.165, 1.54) is 12.8 Å². The van der Waals surface area contributed by atoms with Gasteiger partial charge in [-0.15, -0.1) is 0 Å². The zero-order chi connectivity index (χ0) is 14.3. The zero-order valence-electron chi connectivity index (χ0n) is 11.5. The molecular weight excluding hydrogens is 248 g/mol. The van der Waals surface area contributed by atoms with Gasteiger partial charge in [0.15, 0.2) is 0 Å². The highest BCUT2D eigenvalue weighted by Crippen LogP contribution is 2.22. The van der Waals surface area contributed by atoms with Gasteiger partial charge in [-0.1, -0.05) is 0 Å². The van der Waals surface area contributed by atoms with Gasteiger partial charge in [-0.05, 0) is 51.9 Å². The van der Waals surface area contributed by atoms with Crippen molar-refractivity contribution in [2.75, 3.05) is 26.2 Å². The molecule has 6 nitrogen and oxygen atoms in total. The van der Waals surface area contributed by atoms with E-state index in [4.69, 9.17) is 15.0 Å². The minimum atomic E-state index is -0.833. The Morgan fingerprint density at radius 3 is 1.95 bits per heavy atom. The lowest BCUT2D eigenvalue weighted by Gasteiger charge is -2.38. The lowest BCUT2D eigenvalue weighted by Crippen LogP contribution is -2.47. The Balaban J connectivity index is 0.000000399. The molecule has 0 aromatic heterocycles. The standard InChI is InChI=1S/C11H20N2O2.C2H4O2/c14-11(15)9-3-7-13(8-4-9)10-1-5-12-6-2-10;1-2(3)4/h9-10,12H,1-8H2,(H,14,15);1H3,(H,3,4). The molecule has 110 valence electrons. The van der Waals surface area contributed by atoms with Crippen molar-refractivity contribution >= 4 is 11.9 Å². The fourth-order valence-electron chi connectivity index (χ4n) is 2.68. The average Bonchev–Trinajstić information content (AvgIpc) is 2.39. The van der Waals surface area contributed by atoms with Crippen LogP contribution in [0.4, 0.5) is 0 Å². The normalized spacial score (nSPS) is 22.4. The number of carboxylic acid groups (broad SMARTS) is 2. The van der Waals surface area contributed by atoms with E-state index < -0.39 is 11.9 Å². The van der Waals surface area contributed by atoms with Gasteiger partial charge in [-0.3, -0.25) is 9.59 Å². The van der Waals surface area contributed by atoms with E-state index in [-0.39, 0.29) is 5.92 Å². The largest absolute Gasteiger partial charge is 0.481 e. The molecule has 0 radical (unpaired) electrons. The van der Waals surface area contributed by atoms with Crippen LogP contribution in [0.5, 0.6) is 0 Å². The van der Waals surface area contributed by atoms with Crippen LogP contribution in [0.1, 0.15) is 32.6 Å². The third-order valence-electron chi connectivity index (χ3n) is 3.70. The number of likely N-dealkylation sites (tertiary alicyclic amines) is 1. The Morgan fingerprint density at radius 1 is 1.05 bits per heavy atom. The first-order valence-corrected chi connectivity index (χ1v) is 6.87. The van der Waals surface area contributed by atoms with Gasteiger partial charge in [-0.25, -0.2) is 0 Å². The predicted octanol–water partition coefficient (Wildman–Crippen LogP) is 0.626. The van der Waals surface area contributed by atoms with Gasteiger partial charge in [0.05, 0.1) is 5.92 Å². The van der Waals surface area contributed by atoms with E-state index in [0.717, 1.165) is 45.9 Å². The first-order chi connectivity index (χ1) is 9.00. The van der Waals surface area contributed by atoms with Crippen LogP contribution in [0.15, 0.2) is 0 Å². The molecular formula is C13H24N2O4. The second kappa shape index (κ2) is 8.12. The highest BCUT2D eigenvalue weighted by Gasteiger charge is 2.28. The van der Waals surface area contributed by atoms with Crippen LogP contribution in [-0.4, -0.2) is 59.3 Å². The number of hydrogen-bond acceptors (Lipinski definition) is 4. The number of nitrogens with zero attached hydrogens (tertiary/aromatic N) is 1. The van der Waals surface area contributed by atoms with Crippen LogP contribution < -0.4 is 5.32 Å². The summed E-state index contributed by atoms with van der Waals surface area (Å²) in [5.74, 6) is -1.54. The molecule has 3 N–H and O–H groups in total. The quantitative estimate of drug-likeness (QED) is 0.683. The van der Waals surface area contributed by atoms with Crippen LogP contribution in [0, 0.1) is 5.92 Å². The van der Waals surface area contributed by atoms with Crippen LogP contribution >= 0.6 is 0 Å². The fourth-order valence-corrected chi connectivity index (χ4v) is 2.68. The summed E-state index contributed by atoms with van der Waals surface area (Å²) >= 11 is 0. The van der Waals surface area contributed by atoms with Gasteiger partial charge in [0.1, 0.15) is 0 Å². The molecule has 2 aliphatic rings. The van der Waals surface area contributed by atoms with Crippen LogP contribution in [-0.2, 0) is 9.59 Å². The summed E-state index contributed by atoms with van der Waals surface area (Å²) in [5.41, 5.74) is 0. The molecule has 0 unspecified atom stereocenters. The maximum Gasteiger partial charge on any atom is 0.306 e. The molecule has 2 heterocycles. The Bertz CT molecular complexity index is 291. The molecule has 0 aromatic rings. The first-order valence-electron chi connectivity index (χ1n) is 6.87. The van der Waals surface area contributed by atoms with Gasteiger partial charge in [-0.2, -0.15) is 0 Å². The third kappa shape index (κ3) is 6.02. The van der Waals surface area contributed by atoms with Gasteiger partial charge in [0, 0.05) is 13.0 Å². The fraction of sp³-hybridized carbons (Fsp3) is 0.846. The third-order valence-corrected chi connectivity index (χ3v) is 3.70. The van der Waals surface area contributed by atoms with E-state index in [0.29, 0.717) is 6.04 Å². The monoisotopic (exact) mass is 272 g/mol. The number of nitrogens with one attached hydrogen (secondary N) is 1. The Morgan fingerprint density at radius 2 is 1.53 bits per heavy atom. The number of aliphatic carboxylic acids is 2. The highest BCUT2D eigenvalue weighted by atomic mass is 16.4. The summed E-state index contributed by atoms with van der Waals surface area (Å²) in [6, 6.07) is 0.695. The lowest BCUT2D eigenvalue weighted by molar-refractivity contribution is -0.143. The van der Waals surface area contributed by atoms with Crippen LogP contribution in [0.2, 0.25) is 0 Å². The molecule has 0 bridgehead atoms. The summed E-state index contributed by atoms with van der Waals surface area (Å²) in [7, 11) is 0. The van der Waals surface area contributed by atoms with Gasteiger partial charge in [0.25, 0.3) is 5.97 Å². The Hall–Kier alpha value is -1.14. The minimum Gasteiger partial charge on any atom is -0.481 e. The van der Waals surface area contributed by atoms with Crippen LogP contribution in [0.3, 0.4) is 0 Å². The van der Waals surface area contributed by atoms with Crippen molar-refractivity contribution in [2.45, 2.75) is 38.6 Å². The van der Waals surface area contributed by atoms with Crippen molar-refractivity contribution in [3.05, 3.63) is 0 Å². The molecule has 0 saturated carbocycles. The summed E-state index contributed by atoms with van der Waals surface area (Å²) in [6.07, 6.45) is 4.11. The molecule has 0 atom stereocenters.